The van der Waals surface area contributed by atoms with E-state index in [0.717, 1.165) is 0 Å². The van der Waals surface area contributed by atoms with E-state index in [9.17, 15) is 40.8 Å². The summed E-state index contributed by atoms with van der Waals surface area (Å²) in [6, 6.07) is 2.29. The highest BCUT2D eigenvalue weighted by Gasteiger charge is 2.63. The highest BCUT2D eigenvalue weighted by Crippen LogP contribution is 2.48. The third-order valence-electron chi connectivity index (χ3n) is 12.3. The van der Waals surface area contributed by atoms with Crippen LogP contribution < -0.4 is 20.1 Å². The zero-order chi connectivity index (χ0) is 43.7. The monoisotopic (exact) mass is 879 g/mol. The van der Waals surface area contributed by atoms with Crippen LogP contribution in [-0.2, 0) is 29.1 Å². The SMILES string of the molecule is Cc1cn2c(n1)nc(O[C@@H]1C[C@H]3C(=O)N[C@]4(C(=O)NS(=O)(=O)C5(C)CC5)CC4/C=C\CC[C@H](C)C[C@@H](C)[C@H](NC(=O)OC(C)(C)C(F)(F)F)C(=O)N3C1)c1cc(Cl)ccc12. The lowest BCUT2D eigenvalue weighted by Gasteiger charge is -2.34. The Morgan fingerprint density at radius 1 is 1.10 bits per heavy atom. The van der Waals surface area contributed by atoms with Crippen LogP contribution in [0.25, 0.3) is 16.7 Å². The number of nitrogens with zero attached hydrogens (tertiary/aromatic N) is 4. The number of benzene rings is 1. The van der Waals surface area contributed by atoms with E-state index in [4.69, 9.17) is 21.1 Å². The van der Waals surface area contributed by atoms with Crippen molar-refractivity contribution in [2.75, 3.05) is 6.54 Å². The van der Waals surface area contributed by atoms with E-state index in [1.54, 1.807) is 48.7 Å². The lowest BCUT2D eigenvalue weighted by Crippen LogP contribution is -2.59. The fourth-order valence-electron chi connectivity index (χ4n) is 8.07. The minimum Gasteiger partial charge on any atom is -0.472 e. The largest absolute Gasteiger partial charge is 0.472 e. The third-order valence-corrected chi connectivity index (χ3v) is 14.7. The summed E-state index contributed by atoms with van der Waals surface area (Å²) in [6.07, 6.45) is 0.245. The lowest BCUT2D eigenvalue weighted by atomic mass is 9.88. The number of fused-ring (bicyclic) bond motifs is 5. The quantitative estimate of drug-likeness (QED) is 0.255. The zero-order valence-corrected chi connectivity index (χ0v) is 35.6. The van der Waals surface area contributed by atoms with E-state index >= 15 is 0 Å². The summed E-state index contributed by atoms with van der Waals surface area (Å²) in [6.45, 7) is 8.06. The summed E-state index contributed by atoms with van der Waals surface area (Å²) in [5, 5.41) is 6.06. The number of aromatic nitrogens is 3. The molecule has 326 valence electrons. The second kappa shape index (κ2) is 15.4. The van der Waals surface area contributed by atoms with Crippen LogP contribution in [0.15, 0.2) is 36.5 Å². The van der Waals surface area contributed by atoms with Gasteiger partial charge in [0.15, 0.2) is 0 Å². The number of sulfonamides is 1. The number of amides is 4. The number of aryl methyl sites for hydroxylation is 1. The summed E-state index contributed by atoms with van der Waals surface area (Å²) in [7, 11) is -4.09. The Bertz CT molecular complexity index is 2390. The molecule has 0 spiro atoms. The van der Waals surface area contributed by atoms with Crippen LogP contribution in [0, 0.1) is 24.7 Å². The van der Waals surface area contributed by atoms with Gasteiger partial charge in [-0.05, 0) is 96.3 Å². The second-order valence-electron chi connectivity index (χ2n) is 17.6. The first kappa shape index (κ1) is 43.4. The molecule has 4 heterocycles. The van der Waals surface area contributed by atoms with Gasteiger partial charge in [0.2, 0.25) is 39.1 Å². The molecule has 3 fully saturated rings. The van der Waals surface area contributed by atoms with Crippen molar-refractivity contribution in [3.8, 4) is 5.88 Å². The first-order valence-electron chi connectivity index (χ1n) is 20.0. The molecule has 0 bridgehead atoms. The highest BCUT2D eigenvalue weighted by atomic mass is 35.5. The fourth-order valence-corrected chi connectivity index (χ4v) is 9.56. The first-order valence-corrected chi connectivity index (χ1v) is 21.8. The zero-order valence-electron chi connectivity index (χ0n) is 34.1. The maximum atomic E-state index is 14.8. The number of rotatable bonds is 7. The molecule has 20 heteroatoms. The molecular formula is C40H49ClF3N7O8S. The fraction of sp³-hybridized carbons (Fsp3) is 0.600. The van der Waals surface area contributed by atoms with Crippen LogP contribution in [0.1, 0.15) is 85.3 Å². The lowest BCUT2D eigenvalue weighted by molar-refractivity contribution is -0.244. The standard InChI is InChI=1S/C40H49ClF3N7O8S/c1-21-9-7-8-10-24-18-39(24,34(54)49-60(56,57)38(6)13-14-38)48-31(52)29-17-26(58-32-27-16-25(41)11-12-28(27)51-19-23(3)45-35(51)47-32)20-50(29)33(53)30(22(2)15-21)46-36(55)59-37(4,5)40(42,43)44/h8,10-12,16,19,21-22,24,26,29-30H,7,9,13-15,17-18,20H2,1-6H3,(H,46,55)(H,48,52)(H,49,54)/b10-8-/t21-,22+,24?,26+,29-,30-,39+/m0/s1. The maximum Gasteiger partial charge on any atom is 0.427 e. The second-order valence-corrected chi connectivity index (χ2v) is 20.2. The predicted molar refractivity (Wildman–Crippen MR) is 213 cm³/mol. The molecule has 2 aromatic heterocycles. The van der Waals surface area contributed by atoms with Gasteiger partial charge in [0, 0.05) is 23.6 Å². The molecule has 1 unspecified atom stereocenters. The molecular weight excluding hydrogens is 831 g/mol. The average Bonchev–Trinajstić information content (AvgIpc) is 3.96. The van der Waals surface area contributed by atoms with Crippen molar-refractivity contribution in [2.45, 2.75) is 127 Å². The van der Waals surface area contributed by atoms with Gasteiger partial charge in [-0.25, -0.2) is 18.2 Å². The predicted octanol–water partition coefficient (Wildman–Crippen LogP) is 5.51. The Hall–Kier alpha value is -4.65. The number of carbonyl (C=O) groups excluding carboxylic acids is 4. The van der Waals surface area contributed by atoms with Gasteiger partial charge in [-0.3, -0.25) is 23.5 Å². The van der Waals surface area contributed by atoms with Gasteiger partial charge in [-0.1, -0.05) is 37.6 Å². The number of hydrogen-bond acceptors (Lipinski definition) is 10. The van der Waals surface area contributed by atoms with Crippen LogP contribution in [0.2, 0.25) is 5.02 Å². The number of imidazole rings is 1. The molecule has 3 aromatic rings. The molecule has 1 aromatic carbocycles. The Kier molecular flexibility index (Phi) is 11.1. The molecule has 7 atom stereocenters. The van der Waals surface area contributed by atoms with Gasteiger partial charge in [-0.15, -0.1) is 0 Å². The molecule has 2 aliphatic carbocycles. The normalized spacial score (nSPS) is 29.1. The summed E-state index contributed by atoms with van der Waals surface area (Å²) >= 11 is 6.40. The van der Waals surface area contributed by atoms with Gasteiger partial charge >= 0.3 is 12.3 Å². The summed E-state index contributed by atoms with van der Waals surface area (Å²) in [4.78, 5) is 66.9. The number of halogens is 4. The number of alkyl halides is 3. The van der Waals surface area contributed by atoms with Crippen molar-refractivity contribution in [1.82, 2.24) is 34.6 Å². The molecule has 4 aliphatic rings. The molecule has 60 heavy (non-hydrogen) atoms. The average molecular weight is 880 g/mol. The smallest absolute Gasteiger partial charge is 0.427 e. The van der Waals surface area contributed by atoms with Gasteiger partial charge in [0.05, 0.1) is 27.9 Å². The van der Waals surface area contributed by atoms with Crippen molar-refractivity contribution in [1.29, 1.82) is 0 Å². The molecule has 4 amide bonds. The Labute approximate surface area is 350 Å². The number of nitrogens with one attached hydrogen (secondary N) is 3. The topological polar surface area (TPSA) is 190 Å². The highest BCUT2D eigenvalue weighted by molar-refractivity contribution is 7.91. The number of hydrogen-bond donors (Lipinski definition) is 3. The Balaban J connectivity index is 1.26. The maximum absolute atomic E-state index is 14.8. The van der Waals surface area contributed by atoms with Crippen LogP contribution in [0.4, 0.5) is 18.0 Å². The summed E-state index contributed by atoms with van der Waals surface area (Å²) < 4.78 is 81.9. The molecule has 2 saturated carbocycles. The van der Waals surface area contributed by atoms with E-state index in [1.807, 2.05) is 13.0 Å². The summed E-state index contributed by atoms with van der Waals surface area (Å²) in [5.41, 5.74) is -3.23. The van der Waals surface area contributed by atoms with Crippen molar-refractivity contribution in [3.05, 3.63) is 47.3 Å². The van der Waals surface area contributed by atoms with Crippen LogP contribution in [-0.4, -0.2) is 98.3 Å². The molecule has 0 radical (unpaired) electrons. The molecule has 7 rings (SSSR count). The van der Waals surface area contributed by atoms with Gasteiger partial charge in [-0.2, -0.15) is 18.2 Å². The van der Waals surface area contributed by atoms with E-state index in [1.165, 1.54) is 11.8 Å². The van der Waals surface area contributed by atoms with Gasteiger partial charge < -0.3 is 25.0 Å². The molecule has 2 aliphatic heterocycles. The summed E-state index contributed by atoms with van der Waals surface area (Å²) in [5.74, 6) is -3.37. The van der Waals surface area contributed by atoms with E-state index < -0.39 is 85.9 Å². The van der Waals surface area contributed by atoms with Crippen LogP contribution >= 0.6 is 11.6 Å². The molecule has 3 N–H and O–H groups in total. The Morgan fingerprint density at radius 2 is 1.82 bits per heavy atom. The number of ether oxygens (including phenoxy) is 2. The third kappa shape index (κ3) is 8.35. The van der Waals surface area contributed by atoms with Gasteiger partial charge in [0.1, 0.15) is 23.7 Å². The van der Waals surface area contributed by atoms with E-state index in [-0.39, 0.29) is 31.2 Å². The van der Waals surface area contributed by atoms with Crippen molar-refractivity contribution < 1.29 is 50.2 Å². The van der Waals surface area contributed by atoms with Gasteiger partial charge in [0.25, 0.3) is 5.91 Å². The minimum atomic E-state index is -4.92. The van der Waals surface area contributed by atoms with E-state index in [2.05, 4.69) is 25.3 Å². The van der Waals surface area contributed by atoms with Crippen LogP contribution in [0.3, 0.4) is 0 Å². The van der Waals surface area contributed by atoms with Crippen molar-refractivity contribution in [3.63, 3.8) is 0 Å². The van der Waals surface area contributed by atoms with E-state index in [0.29, 0.717) is 73.3 Å². The van der Waals surface area contributed by atoms with Crippen LogP contribution in [0.5, 0.6) is 5.88 Å². The minimum absolute atomic E-state index is 0.0520. The number of carbonyl (C=O) groups is 4. The first-order chi connectivity index (χ1) is 27.9. The molecule has 15 nitrogen and oxygen atoms in total. The van der Waals surface area contributed by atoms with Crippen molar-refractivity contribution in [2.24, 2.45) is 17.8 Å². The van der Waals surface area contributed by atoms with Crippen molar-refractivity contribution >= 4 is 62.1 Å². The number of allylic oxidation sites excluding steroid dienone is 1. The molecule has 1 saturated heterocycles. The number of alkyl carbamates (subject to hydrolysis) is 1. The Morgan fingerprint density at radius 3 is 2.50 bits per heavy atom.